The van der Waals surface area contributed by atoms with E-state index in [2.05, 4.69) is 5.16 Å². The van der Waals surface area contributed by atoms with Crippen LogP contribution in [-0.2, 0) is 9.57 Å². The van der Waals surface area contributed by atoms with E-state index in [1.165, 1.54) is 0 Å². The highest BCUT2D eigenvalue weighted by Gasteiger charge is 2.27. The topological polar surface area (TPSA) is 30.8 Å². The Balaban J connectivity index is 0.000001000. The lowest BCUT2D eigenvalue weighted by Crippen LogP contribution is -2.32. The Morgan fingerprint density at radius 3 is 2.55 bits per heavy atom. The van der Waals surface area contributed by atoms with E-state index in [1.54, 1.807) is 7.11 Å². The SMILES string of the molecule is C.COC(C)(C)C1=NOCC1. The molecule has 0 amide bonds. The van der Waals surface area contributed by atoms with Crippen LogP contribution in [0.4, 0.5) is 0 Å². The number of methoxy groups -OCH3 is 1. The monoisotopic (exact) mass is 159 g/mol. The van der Waals surface area contributed by atoms with Crippen molar-refractivity contribution in [2.75, 3.05) is 13.7 Å². The van der Waals surface area contributed by atoms with Crippen LogP contribution in [0.25, 0.3) is 0 Å². The molecule has 0 bridgehead atoms. The Morgan fingerprint density at radius 2 is 2.18 bits per heavy atom. The summed E-state index contributed by atoms with van der Waals surface area (Å²) in [7, 11) is 1.68. The number of nitrogens with zero attached hydrogens (tertiary/aromatic N) is 1. The minimum Gasteiger partial charge on any atom is -0.395 e. The molecule has 0 aromatic heterocycles. The zero-order valence-corrected chi connectivity index (χ0v) is 6.68. The van der Waals surface area contributed by atoms with Gasteiger partial charge in [-0.25, -0.2) is 0 Å². The Labute approximate surface area is 68.4 Å². The molecule has 0 saturated carbocycles. The summed E-state index contributed by atoms with van der Waals surface area (Å²) in [5, 5.41) is 3.87. The first-order valence-corrected chi connectivity index (χ1v) is 3.41. The van der Waals surface area contributed by atoms with E-state index in [0.29, 0.717) is 6.61 Å². The molecule has 0 fully saturated rings. The van der Waals surface area contributed by atoms with Gasteiger partial charge in [-0.15, -0.1) is 0 Å². The number of hydrogen-bond donors (Lipinski definition) is 0. The van der Waals surface area contributed by atoms with Gasteiger partial charge in [0, 0.05) is 13.5 Å². The average molecular weight is 159 g/mol. The summed E-state index contributed by atoms with van der Waals surface area (Å²) in [4.78, 5) is 4.85. The third kappa shape index (κ3) is 2.19. The van der Waals surface area contributed by atoms with Crippen molar-refractivity contribution < 1.29 is 9.57 Å². The molecule has 0 atom stereocenters. The van der Waals surface area contributed by atoms with Crippen LogP contribution in [0.5, 0.6) is 0 Å². The Morgan fingerprint density at radius 1 is 1.55 bits per heavy atom. The molecule has 0 spiro atoms. The van der Waals surface area contributed by atoms with Crippen molar-refractivity contribution in [1.82, 2.24) is 0 Å². The molecule has 3 heteroatoms. The predicted molar refractivity (Wildman–Crippen MR) is 45.8 cm³/mol. The van der Waals surface area contributed by atoms with Gasteiger partial charge in [0.1, 0.15) is 12.2 Å². The molecule has 0 aromatic rings. The molecular formula is C8H17NO2. The number of rotatable bonds is 2. The fraction of sp³-hybridized carbons (Fsp3) is 0.875. The van der Waals surface area contributed by atoms with Crippen LogP contribution in [0.15, 0.2) is 5.16 Å². The van der Waals surface area contributed by atoms with Crippen LogP contribution in [-0.4, -0.2) is 25.0 Å². The normalized spacial score (nSPS) is 16.8. The van der Waals surface area contributed by atoms with E-state index in [4.69, 9.17) is 9.57 Å². The zero-order valence-electron chi connectivity index (χ0n) is 6.68. The van der Waals surface area contributed by atoms with Gasteiger partial charge in [0.15, 0.2) is 0 Å². The first-order valence-electron chi connectivity index (χ1n) is 3.41. The van der Waals surface area contributed by atoms with Gasteiger partial charge in [-0.3, -0.25) is 0 Å². The highest BCUT2D eigenvalue weighted by Crippen LogP contribution is 2.16. The molecule has 0 aromatic carbocycles. The van der Waals surface area contributed by atoms with Crippen molar-refractivity contribution >= 4 is 5.71 Å². The average Bonchev–Trinajstić information content (AvgIpc) is 2.38. The lowest BCUT2D eigenvalue weighted by atomic mass is 10.0. The molecule has 1 heterocycles. The van der Waals surface area contributed by atoms with E-state index in [0.717, 1.165) is 12.1 Å². The summed E-state index contributed by atoms with van der Waals surface area (Å²) in [5.41, 5.74) is 0.742. The molecule has 66 valence electrons. The lowest BCUT2D eigenvalue weighted by Gasteiger charge is -2.20. The summed E-state index contributed by atoms with van der Waals surface area (Å²) in [6.07, 6.45) is 0.890. The van der Waals surface area contributed by atoms with Crippen molar-refractivity contribution in [3.05, 3.63) is 0 Å². The molecule has 1 rings (SSSR count). The van der Waals surface area contributed by atoms with Gasteiger partial charge in [-0.05, 0) is 13.8 Å². The van der Waals surface area contributed by atoms with Crippen LogP contribution >= 0.6 is 0 Å². The van der Waals surface area contributed by atoms with E-state index in [9.17, 15) is 0 Å². The molecule has 0 radical (unpaired) electrons. The van der Waals surface area contributed by atoms with Gasteiger partial charge in [-0.1, -0.05) is 12.6 Å². The number of ether oxygens (including phenoxy) is 1. The zero-order chi connectivity index (χ0) is 7.61. The first-order chi connectivity index (χ1) is 4.67. The highest BCUT2D eigenvalue weighted by atomic mass is 16.6. The quantitative estimate of drug-likeness (QED) is 0.615. The van der Waals surface area contributed by atoms with Crippen LogP contribution < -0.4 is 0 Å². The molecule has 1 aliphatic heterocycles. The Bertz CT molecular complexity index is 152. The minimum atomic E-state index is -0.253. The van der Waals surface area contributed by atoms with Crippen LogP contribution in [0.2, 0.25) is 0 Å². The second-order valence-electron chi connectivity index (χ2n) is 2.84. The summed E-state index contributed by atoms with van der Waals surface area (Å²) in [5.74, 6) is 0. The minimum absolute atomic E-state index is 0. The van der Waals surface area contributed by atoms with Gasteiger partial charge in [-0.2, -0.15) is 0 Å². The predicted octanol–water partition coefficient (Wildman–Crippen LogP) is 1.82. The third-order valence-corrected chi connectivity index (χ3v) is 1.81. The number of hydrogen-bond acceptors (Lipinski definition) is 3. The maximum atomic E-state index is 5.21. The van der Waals surface area contributed by atoms with Gasteiger partial charge in [0.25, 0.3) is 0 Å². The van der Waals surface area contributed by atoms with Crippen molar-refractivity contribution in [2.45, 2.75) is 33.3 Å². The molecule has 1 aliphatic rings. The molecule has 0 saturated heterocycles. The molecule has 0 aliphatic carbocycles. The van der Waals surface area contributed by atoms with Gasteiger partial charge in [0.2, 0.25) is 0 Å². The third-order valence-electron chi connectivity index (χ3n) is 1.81. The van der Waals surface area contributed by atoms with Crippen molar-refractivity contribution in [3.63, 3.8) is 0 Å². The van der Waals surface area contributed by atoms with E-state index >= 15 is 0 Å². The standard InChI is InChI=1S/C7H13NO2.CH4/c1-7(2,9-3)6-4-5-10-8-6;/h4-5H2,1-3H3;1H4. The summed E-state index contributed by atoms with van der Waals surface area (Å²) in [6.45, 7) is 4.67. The molecule has 0 N–H and O–H groups in total. The second-order valence-corrected chi connectivity index (χ2v) is 2.84. The van der Waals surface area contributed by atoms with E-state index < -0.39 is 0 Å². The van der Waals surface area contributed by atoms with E-state index in [1.807, 2.05) is 13.8 Å². The largest absolute Gasteiger partial charge is 0.395 e. The van der Waals surface area contributed by atoms with Crippen molar-refractivity contribution in [2.24, 2.45) is 5.16 Å². The maximum absolute atomic E-state index is 5.21. The fourth-order valence-electron chi connectivity index (χ4n) is 0.840. The molecule has 0 unspecified atom stereocenters. The van der Waals surface area contributed by atoms with Crippen LogP contribution in [0.1, 0.15) is 27.7 Å². The summed E-state index contributed by atoms with van der Waals surface area (Å²) < 4.78 is 5.21. The summed E-state index contributed by atoms with van der Waals surface area (Å²) in [6, 6.07) is 0. The Kier molecular flexibility index (Phi) is 3.52. The van der Waals surface area contributed by atoms with Gasteiger partial charge >= 0.3 is 0 Å². The first kappa shape index (κ1) is 10.4. The van der Waals surface area contributed by atoms with Gasteiger partial charge in [0.05, 0.1) is 5.71 Å². The fourth-order valence-corrected chi connectivity index (χ4v) is 0.840. The Hall–Kier alpha value is -0.570. The maximum Gasteiger partial charge on any atom is 0.122 e. The molecule has 11 heavy (non-hydrogen) atoms. The highest BCUT2D eigenvalue weighted by molar-refractivity contribution is 5.92. The summed E-state index contributed by atoms with van der Waals surface area (Å²) >= 11 is 0. The van der Waals surface area contributed by atoms with Gasteiger partial charge < -0.3 is 9.57 Å². The number of oxime groups is 1. The van der Waals surface area contributed by atoms with Crippen LogP contribution in [0.3, 0.4) is 0 Å². The smallest absolute Gasteiger partial charge is 0.122 e. The van der Waals surface area contributed by atoms with Crippen LogP contribution in [0, 0.1) is 0 Å². The van der Waals surface area contributed by atoms with Crippen molar-refractivity contribution in [1.29, 1.82) is 0 Å². The molecule has 3 nitrogen and oxygen atoms in total. The second kappa shape index (κ2) is 3.72. The lowest BCUT2D eigenvalue weighted by molar-refractivity contribution is 0.0805. The van der Waals surface area contributed by atoms with Crippen molar-refractivity contribution in [3.8, 4) is 0 Å². The molecular weight excluding hydrogens is 142 g/mol. The van der Waals surface area contributed by atoms with E-state index in [-0.39, 0.29) is 13.0 Å².